The Labute approximate surface area is 203 Å². The Morgan fingerprint density at radius 1 is 1.06 bits per heavy atom. The van der Waals surface area contributed by atoms with Crippen LogP contribution in [0.5, 0.6) is 5.75 Å². The van der Waals surface area contributed by atoms with Crippen LogP contribution in [0, 0.1) is 13.8 Å². The summed E-state index contributed by atoms with van der Waals surface area (Å²) in [5.74, 6) is 1.61. The molecule has 1 saturated heterocycles. The Bertz CT molecular complexity index is 1230. The van der Waals surface area contributed by atoms with Crippen LogP contribution in [0.3, 0.4) is 0 Å². The number of aryl methyl sites for hydroxylation is 2. The number of hydrogen-bond acceptors (Lipinski definition) is 8. The summed E-state index contributed by atoms with van der Waals surface area (Å²) in [6.45, 7) is 9.40. The summed E-state index contributed by atoms with van der Waals surface area (Å²) in [6, 6.07) is 16.1. The number of ether oxygens (including phenoxy) is 1. The van der Waals surface area contributed by atoms with E-state index in [1.54, 1.807) is 11.3 Å². The fourth-order valence-electron chi connectivity index (χ4n) is 4.40. The van der Waals surface area contributed by atoms with Crippen LogP contribution in [-0.4, -0.2) is 70.5 Å². The first-order chi connectivity index (χ1) is 16.5. The van der Waals surface area contributed by atoms with Gasteiger partial charge in [0.25, 0.3) is 0 Å². The van der Waals surface area contributed by atoms with Gasteiger partial charge in [0.15, 0.2) is 5.76 Å². The molecule has 1 atom stereocenters. The number of aliphatic hydroxyl groups is 1. The van der Waals surface area contributed by atoms with Crippen molar-refractivity contribution in [1.82, 2.24) is 19.9 Å². The van der Waals surface area contributed by atoms with Crippen molar-refractivity contribution in [2.75, 3.05) is 39.3 Å². The lowest BCUT2D eigenvalue weighted by Crippen LogP contribution is -2.48. The molecule has 34 heavy (non-hydrogen) atoms. The highest BCUT2D eigenvalue weighted by atomic mass is 32.1. The van der Waals surface area contributed by atoms with E-state index in [1.165, 1.54) is 0 Å². The summed E-state index contributed by atoms with van der Waals surface area (Å²) < 4.78 is 12.6. The molecule has 1 fully saturated rings. The third-order valence-electron chi connectivity index (χ3n) is 6.24. The first kappa shape index (κ1) is 23.0. The summed E-state index contributed by atoms with van der Waals surface area (Å²) in [5, 5.41) is 15.8. The Morgan fingerprint density at radius 3 is 2.62 bits per heavy atom. The van der Waals surface area contributed by atoms with Gasteiger partial charge in [-0.2, -0.15) is 0 Å². The third-order valence-corrected chi connectivity index (χ3v) is 7.20. The molecular weight excluding hydrogens is 448 g/mol. The van der Waals surface area contributed by atoms with Crippen molar-refractivity contribution < 1.29 is 14.4 Å². The molecule has 0 saturated carbocycles. The van der Waals surface area contributed by atoms with Crippen molar-refractivity contribution in [2.45, 2.75) is 26.5 Å². The van der Waals surface area contributed by atoms with Gasteiger partial charge in [0.05, 0.1) is 20.9 Å². The lowest BCUT2D eigenvalue weighted by molar-refractivity contribution is 0.0446. The van der Waals surface area contributed by atoms with Gasteiger partial charge in [-0.15, -0.1) is 11.3 Å². The quantitative estimate of drug-likeness (QED) is 0.408. The summed E-state index contributed by atoms with van der Waals surface area (Å²) in [6.07, 6.45) is -0.538. The van der Waals surface area contributed by atoms with E-state index in [9.17, 15) is 5.11 Å². The molecule has 5 rings (SSSR count). The lowest BCUT2D eigenvalue weighted by Gasteiger charge is -2.35. The monoisotopic (exact) mass is 478 g/mol. The zero-order valence-electron chi connectivity index (χ0n) is 19.6. The van der Waals surface area contributed by atoms with Crippen molar-refractivity contribution in [3.8, 4) is 17.1 Å². The summed E-state index contributed by atoms with van der Waals surface area (Å²) in [7, 11) is 0. The third kappa shape index (κ3) is 5.31. The molecule has 7 nitrogen and oxygen atoms in total. The van der Waals surface area contributed by atoms with E-state index in [1.807, 2.05) is 50.2 Å². The maximum absolute atomic E-state index is 10.5. The van der Waals surface area contributed by atoms with Crippen molar-refractivity contribution in [3.05, 3.63) is 64.8 Å². The zero-order chi connectivity index (χ0) is 23.5. The second-order valence-corrected chi connectivity index (χ2v) is 10.1. The van der Waals surface area contributed by atoms with Crippen LogP contribution in [0.2, 0.25) is 0 Å². The van der Waals surface area contributed by atoms with Gasteiger partial charge in [0, 0.05) is 56.5 Å². The average Bonchev–Trinajstić information content (AvgIpc) is 3.40. The maximum Gasteiger partial charge on any atom is 0.171 e. The smallest absolute Gasteiger partial charge is 0.171 e. The molecular formula is C26H30N4O3S. The highest BCUT2D eigenvalue weighted by Crippen LogP contribution is 2.28. The molecule has 178 valence electrons. The number of piperazine rings is 1. The molecule has 3 heterocycles. The predicted octanol–water partition coefficient (Wildman–Crippen LogP) is 4.13. The number of aliphatic hydroxyl groups excluding tert-OH is 1. The van der Waals surface area contributed by atoms with Gasteiger partial charge < -0.3 is 14.4 Å². The van der Waals surface area contributed by atoms with E-state index in [0.717, 1.165) is 76.3 Å². The number of β-amino-alcohol motifs (C(OH)–C–C–N with tert-alkyl or cyclic N) is 1. The molecule has 0 radical (unpaired) electrons. The first-order valence-electron chi connectivity index (χ1n) is 11.7. The topological polar surface area (TPSA) is 74.9 Å². The second kappa shape index (κ2) is 10.2. The number of benzene rings is 2. The van der Waals surface area contributed by atoms with Crippen LogP contribution in [-0.2, 0) is 6.54 Å². The van der Waals surface area contributed by atoms with Gasteiger partial charge in [0.1, 0.15) is 18.5 Å². The minimum absolute atomic E-state index is 0.273. The van der Waals surface area contributed by atoms with Crippen molar-refractivity contribution in [2.24, 2.45) is 0 Å². The molecule has 2 aromatic heterocycles. The van der Waals surface area contributed by atoms with Gasteiger partial charge in [0.2, 0.25) is 0 Å². The second-order valence-electron chi connectivity index (χ2n) is 8.85. The number of thiazole rings is 1. The van der Waals surface area contributed by atoms with Gasteiger partial charge >= 0.3 is 0 Å². The molecule has 1 aliphatic heterocycles. The number of hydrogen-bond donors (Lipinski definition) is 1. The van der Waals surface area contributed by atoms with Gasteiger partial charge in [-0.1, -0.05) is 35.5 Å². The number of aromatic nitrogens is 2. The van der Waals surface area contributed by atoms with Crippen LogP contribution >= 0.6 is 11.3 Å². The van der Waals surface area contributed by atoms with E-state index < -0.39 is 6.10 Å². The first-order valence-corrected chi connectivity index (χ1v) is 12.5. The molecule has 0 amide bonds. The molecule has 4 aromatic rings. The maximum atomic E-state index is 10.5. The molecule has 1 aliphatic rings. The van der Waals surface area contributed by atoms with Crippen LogP contribution in [0.15, 0.2) is 53.1 Å². The molecule has 0 spiro atoms. The fraction of sp³-hybridized carbons (Fsp3) is 0.385. The highest BCUT2D eigenvalue weighted by Gasteiger charge is 2.23. The predicted molar refractivity (Wildman–Crippen MR) is 134 cm³/mol. The Hall–Kier alpha value is -2.78. The Balaban J connectivity index is 1.10. The van der Waals surface area contributed by atoms with Crippen molar-refractivity contribution >= 4 is 21.6 Å². The minimum atomic E-state index is -0.538. The summed E-state index contributed by atoms with van der Waals surface area (Å²) in [4.78, 5) is 9.24. The Kier molecular flexibility index (Phi) is 6.92. The lowest BCUT2D eigenvalue weighted by atomic mass is 10.1. The van der Waals surface area contributed by atoms with Crippen LogP contribution in [0.25, 0.3) is 21.5 Å². The highest BCUT2D eigenvalue weighted by molar-refractivity contribution is 7.18. The summed E-state index contributed by atoms with van der Waals surface area (Å²) in [5.41, 5.74) is 4.10. The van der Waals surface area contributed by atoms with Crippen LogP contribution in [0.1, 0.15) is 16.3 Å². The largest absolute Gasteiger partial charge is 0.491 e. The van der Waals surface area contributed by atoms with Gasteiger partial charge in [-0.3, -0.25) is 9.80 Å². The van der Waals surface area contributed by atoms with Gasteiger partial charge in [-0.25, -0.2) is 4.98 Å². The number of nitrogens with zero attached hydrogens (tertiary/aromatic N) is 4. The van der Waals surface area contributed by atoms with E-state index in [0.29, 0.717) is 6.54 Å². The summed E-state index contributed by atoms with van der Waals surface area (Å²) >= 11 is 1.67. The molecule has 2 aromatic carbocycles. The van der Waals surface area contributed by atoms with E-state index in [2.05, 4.69) is 32.1 Å². The molecule has 8 heteroatoms. The van der Waals surface area contributed by atoms with Crippen molar-refractivity contribution in [3.63, 3.8) is 0 Å². The van der Waals surface area contributed by atoms with E-state index in [4.69, 9.17) is 9.26 Å². The SMILES string of the molecule is Cc1nc2cc(OCC(O)CN3CCN(Cc4c(C)noc4-c4ccccc4)CC3)ccc2s1. The van der Waals surface area contributed by atoms with Crippen LogP contribution in [0.4, 0.5) is 0 Å². The molecule has 1 unspecified atom stereocenters. The van der Waals surface area contributed by atoms with E-state index in [-0.39, 0.29) is 6.61 Å². The van der Waals surface area contributed by atoms with Crippen LogP contribution < -0.4 is 4.74 Å². The van der Waals surface area contributed by atoms with E-state index >= 15 is 0 Å². The zero-order valence-corrected chi connectivity index (χ0v) is 20.4. The Morgan fingerprint density at radius 2 is 1.82 bits per heavy atom. The number of rotatable bonds is 8. The minimum Gasteiger partial charge on any atom is -0.491 e. The van der Waals surface area contributed by atoms with Crippen molar-refractivity contribution in [1.29, 1.82) is 0 Å². The average molecular weight is 479 g/mol. The number of fused-ring (bicyclic) bond motifs is 1. The fourth-order valence-corrected chi connectivity index (χ4v) is 5.21. The molecule has 0 aliphatic carbocycles. The van der Waals surface area contributed by atoms with Gasteiger partial charge in [-0.05, 0) is 26.0 Å². The molecule has 1 N–H and O–H groups in total. The standard InChI is InChI=1S/C26H30N4O3S/c1-18-23(26(33-28-18)20-6-4-3-5-7-20)16-30-12-10-29(11-13-30)15-21(31)17-32-22-8-9-25-24(14-22)27-19(2)34-25/h3-9,14,21,31H,10-13,15-17H2,1-2H3. The molecule has 0 bridgehead atoms. The normalized spacial score (nSPS) is 16.2.